The van der Waals surface area contributed by atoms with Crippen LogP contribution in [0.15, 0.2) is 30.5 Å². The molecule has 1 aromatic heterocycles. The van der Waals surface area contributed by atoms with E-state index in [4.69, 9.17) is 0 Å². The van der Waals surface area contributed by atoms with Crippen molar-refractivity contribution in [2.24, 2.45) is 0 Å². The van der Waals surface area contributed by atoms with E-state index in [9.17, 15) is 13.2 Å². The molecule has 0 atom stereocenters. The molecule has 0 aliphatic carbocycles. The summed E-state index contributed by atoms with van der Waals surface area (Å²) < 4.78 is 39.6. The molecule has 0 unspecified atom stereocenters. The predicted molar refractivity (Wildman–Crippen MR) is 60.7 cm³/mol. The minimum Gasteiger partial charge on any atom is -0.406 e. The Kier molecular flexibility index (Phi) is 3.55. The standard InChI is InChI=1S/C10H7BrF3N3O/c11-5-7-6-15-17(16-7)8-1-3-9(4-2-8)18-10(12,13)14/h1-4,6H,5H2. The summed E-state index contributed by atoms with van der Waals surface area (Å²) >= 11 is 3.23. The Bertz CT molecular complexity index is 524. The van der Waals surface area contributed by atoms with Crippen LogP contribution in [0, 0.1) is 0 Å². The fourth-order valence-corrected chi connectivity index (χ4v) is 1.52. The van der Waals surface area contributed by atoms with E-state index in [0.717, 1.165) is 5.69 Å². The van der Waals surface area contributed by atoms with Crippen LogP contribution in [0.25, 0.3) is 5.69 Å². The van der Waals surface area contributed by atoms with Gasteiger partial charge in [-0.25, -0.2) is 0 Å². The Labute approximate surface area is 108 Å². The van der Waals surface area contributed by atoms with E-state index in [1.54, 1.807) is 6.20 Å². The van der Waals surface area contributed by atoms with Crippen molar-refractivity contribution in [1.82, 2.24) is 15.0 Å². The van der Waals surface area contributed by atoms with E-state index < -0.39 is 6.36 Å². The highest BCUT2D eigenvalue weighted by molar-refractivity contribution is 9.08. The number of hydrogen-bond acceptors (Lipinski definition) is 3. The van der Waals surface area contributed by atoms with Crippen LogP contribution in [0.5, 0.6) is 5.75 Å². The maximum atomic E-state index is 12.0. The molecule has 0 amide bonds. The van der Waals surface area contributed by atoms with E-state index in [1.165, 1.54) is 29.1 Å². The van der Waals surface area contributed by atoms with Gasteiger partial charge in [-0.2, -0.15) is 15.0 Å². The molecule has 96 valence electrons. The van der Waals surface area contributed by atoms with Crippen molar-refractivity contribution in [3.8, 4) is 11.4 Å². The fraction of sp³-hybridized carbons (Fsp3) is 0.200. The Morgan fingerprint density at radius 2 is 1.89 bits per heavy atom. The summed E-state index contributed by atoms with van der Waals surface area (Å²) in [7, 11) is 0. The number of aromatic nitrogens is 3. The molecule has 1 aromatic carbocycles. The van der Waals surface area contributed by atoms with Crippen molar-refractivity contribution in [2.75, 3.05) is 0 Å². The summed E-state index contributed by atoms with van der Waals surface area (Å²) in [6.07, 6.45) is -3.12. The molecule has 0 radical (unpaired) electrons. The van der Waals surface area contributed by atoms with Gasteiger partial charge >= 0.3 is 6.36 Å². The molecule has 0 aliphatic rings. The SMILES string of the molecule is FC(F)(F)Oc1ccc(-n2ncc(CBr)n2)cc1. The quantitative estimate of drug-likeness (QED) is 0.816. The van der Waals surface area contributed by atoms with Crippen LogP contribution in [0.1, 0.15) is 5.69 Å². The second kappa shape index (κ2) is 4.97. The van der Waals surface area contributed by atoms with Crippen molar-refractivity contribution >= 4 is 15.9 Å². The summed E-state index contributed by atoms with van der Waals surface area (Å²) in [5.41, 5.74) is 1.28. The van der Waals surface area contributed by atoms with E-state index in [0.29, 0.717) is 11.0 Å². The van der Waals surface area contributed by atoms with Crippen LogP contribution in [-0.4, -0.2) is 21.4 Å². The molecule has 8 heteroatoms. The van der Waals surface area contributed by atoms with E-state index >= 15 is 0 Å². The number of halogens is 4. The van der Waals surface area contributed by atoms with Crippen molar-refractivity contribution in [1.29, 1.82) is 0 Å². The average Bonchev–Trinajstić information content (AvgIpc) is 2.76. The van der Waals surface area contributed by atoms with Gasteiger partial charge < -0.3 is 4.74 Å². The van der Waals surface area contributed by atoms with Crippen LogP contribution in [0.2, 0.25) is 0 Å². The lowest BCUT2D eigenvalue weighted by molar-refractivity contribution is -0.274. The molecule has 0 bridgehead atoms. The lowest BCUT2D eigenvalue weighted by Crippen LogP contribution is -2.17. The van der Waals surface area contributed by atoms with Gasteiger partial charge in [-0.05, 0) is 24.3 Å². The minimum atomic E-state index is -4.69. The van der Waals surface area contributed by atoms with Crippen molar-refractivity contribution in [3.63, 3.8) is 0 Å². The summed E-state index contributed by atoms with van der Waals surface area (Å²) in [6, 6.07) is 5.30. The molecule has 0 aliphatic heterocycles. The molecule has 0 saturated carbocycles. The maximum Gasteiger partial charge on any atom is 0.573 e. The molecule has 0 N–H and O–H groups in total. The van der Waals surface area contributed by atoms with E-state index in [2.05, 4.69) is 30.9 Å². The minimum absolute atomic E-state index is 0.279. The first kappa shape index (κ1) is 12.9. The Morgan fingerprint density at radius 1 is 1.22 bits per heavy atom. The smallest absolute Gasteiger partial charge is 0.406 e. The monoisotopic (exact) mass is 321 g/mol. The van der Waals surface area contributed by atoms with E-state index in [1.807, 2.05) is 0 Å². The summed E-state index contributed by atoms with van der Waals surface area (Å²) in [5, 5.41) is 8.63. The van der Waals surface area contributed by atoms with Gasteiger partial charge in [0, 0.05) is 5.33 Å². The van der Waals surface area contributed by atoms with Gasteiger partial charge in [0.2, 0.25) is 0 Å². The van der Waals surface area contributed by atoms with Crippen LogP contribution in [0.4, 0.5) is 13.2 Å². The van der Waals surface area contributed by atoms with Gasteiger partial charge in [0.05, 0.1) is 17.6 Å². The van der Waals surface area contributed by atoms with Crippen molar-refractivity contribution < 1.29 is 17.9 Å². The predicted octanol–water partition coefficient (Wildman–Crippen LogP) is 3.06. The van der Waals surface area contributed by atoms with Crippen LogP contribution in [0.3, 0.4) is 0 Å². The molecule has 0 fully saturated rings. The van der Waals surface area contributed by atoms with Crippen LogP contribution < -0.4 is 4.74 Å². The lowest BCUT2D eigenvalue weighted by Gasteiger charge is -2.08. The number of benzene rings is 1. The summed E-state index contributed by atoms with van der Waals surface area (Å²) in [6.45, 7) is 0. The third kappa shape index (κ3) is 3.22. The van der Waals surface area contributed by atoms with Crippen molar-refractivity contribution in [2.45, 2.75) is 11.7 Å². The molecule has 0 spiro atoms. The zero-order valence-corrected chi connectivity index (χ0v) is 10.4. The normalized spacial score (nSPS) is 11.6. The zero-order chi connectivity index (χ0) is 13.2. The van der Waals surface area contributed by atoms with E-state index in [-0.39, 0.29) is 5.75 Å². The second-order valence-corrected chi connectivity index (χ2v) is 3.86. The van der Waals surface area contributed by atoms with Gasteiger partial charge in [-0.15, -0.1) is 13.2 Å². The molecule has 0 saturated heterocycles. The molecular weight excluding hydrogens is 315 g/mol. The zero-order valence-electron chi connectivity index (χ0n) is 8.86. The molecule has 2 aromatic rings. The summed E-state index contributed by atoms with van der Waals surface area (Å²) in [4.78, 5) is 1.33. The highest BCUT2D eigenvalue weighted by Crippen LogP contribution is 2.23. The highest BCUT2D eigenvalue weighted by Gasteiger charge is 2.30. The number of nitrogens with zero attached hydrogens (tertiary/aromatic N) is 3. The first-order valence-corrected chi connectivity index (χ1v) is 5.93. The second-order valence-electron chi connectivity index (χ2n) is 3.30. The van der Waals surface area contributed by atoms with Crippen molar-refractivity contribution in [3.05, 3.63) is 36.2 Å². The number of rotatable bonds is 3. The third-order valence-corrected chi connectivity index (χ3v) is 2.55. The molecular formula is C10H7BrF3N3O. The number of hydrogen-bond donors (Lipinski definition) is 0. The molecule has 4 nitrogen and oxygen atoms in total. The fourth-order valence-electron chi connectivity index (χ4n) is 1.26. The van der Waals surface area contributed by atoms with Crippen LogP contribution in [-0.2, 0) is 5.33 Å². The Morgan fingerprint density at radius 3 is 2.39 bits per heavy atom. The molecule has 18 heavy (non-hydrogen) atoms. The number of alkyl halides is 4. The highest BCUT2D eigenvalue weighted by atomic mass is 79.9. The first-order chi connectivity index (χ1) is 8.48. The Balaban J connectivity index is 2.17. The average molecular weight is 322 g/mol. The van der Waals surface area contributed by atoms with Gasteiger partial charge in [0.15, 0.2) is 0 Å². The lowest BCUT2D eigenvalue weighted by atomic mass is 10.3. The number of ether oxygens (including phenoxy) is 1. The van der Waals surface area contributed by atoms with Gasteiger partial charge in [0.1, 0.15) is 5.75 Å². The van der Waals surface area contributed by atoms with Gasteiger partial charge in [-0.3, -0.25) is 0 Å². The molecule has 2 rings (SSSR count). The van der Waals surface area contributed by atoms with Gasteiger partial charge in [-0.1, -0.05) is 15.9 Å². The maximum absolute atomic E-state index is 12.0. The third-order valence-electron chi connectivity index (χ3n) is 1.98. The first-order valence-electron chi connectivity index (χ1n) is 4.81. The van der Waals surface area contributed by atoms with Gasteiger partial charge in [0.25, 0.3) is 0 Å². The Hall–Kier alpha value is -1.57. The molecule has 1 heterocycles. The topological polar surface area (TPSA) is 39.9 Å². The largest absolute Gasteiger partial charge is 0.573 e. The van der Waals surface area contributed by atoms with Crippen LogP contribution >= 0.6 is 15.9 Å². The summed E-state index contributed by atoms with van der Waals surface area (Å²) in [5.74, 6) is -0.279.